The molecule has 1 aliphatic heterocycles. The topological polar surface area (TPSA) is 29.3 Å². The second-order valence-corrected chi connectivity index (χ2v) is 6.84. The zero-order chi connectivity index (χ0) is 13.0. The summed E-state index contributed by atoms with van der Waals surface area (Å²) in [6.45, 7) is 8.21. The van der Waals surface area contributed by atoms with Crippen LogP contribution < -0.4 is 5.73 Å². The molecule has 2 rings (SSSR count). The summed E-state index contributed by atoms with van der Waals surface area (Å²) in [6.07, 6.45) is 9.99. The Balaban J connectivity index is 1.91. The van der Waals surface area contributed by atoms with E-state index in [4.69, 9.17) is 5.73 Å². The van der Waals surface area contributed by atoms with Crippen molar-refractivity contribution < 1.29 is 0 Å². The zero-order valence-electron chi connectivity index (χ0n) is 12.4. The van der Waals surface area contributed by atoms with Gasteiger partial charge in [0.05, 0.1) is 0 Å². The van der Waals surface area contributed by atoms with Gasteiger partial charge >= 0.3 is 0 Å². The fourth-order valence-electron chi connectivity index (χ4n) is 4.00. The highest BCUT2D eigenvalue weighted by molar-refractivity contribution is 4.87. The van der Waals surface area contributed by atoms with Crippen LogP contribution >= 0.6 is 0 Å². The Bertz CT molecular complexity index is 231. The van der Waals surface area contributed by atoms with E-state index in [1.807, 2.05) is 0 Å². The molecule has 1 aliphatic carbocycles. The van der Waals surface area contributed by atoms with Crippen molar-refractivity contribution in [2.45, 2.75) is 64.8 Å². The lowest BCUT2D eigenvalue weighted by molar-refractivity contribution is 0.157. The molecule has 2 fully saturated rings. The molecule has 2 atom stereocenters. The molecule has 18 heavy (non-hydrogen) atoms. The van der Waals surface area contributed by atoms with Gasteiger partial charge in [0.2, 0.25) is 0 Å². The Kier molecular flexibility index (Phi) is 5.50. The summed E-state index contributed by atoms with van der Waals surface area (Å²) in [4.78, 5) is 2.72. The van der Waals surface area contributed by atoms with Crippen molar-refractivity contribution in [2.75, 3.05) is 19.6 Å². The minimum Gasteiger partial charge on any atom is -0.329 e. The van der Waals surface area contributed by atoms with Crippen molar-refractivity contribution in [2.24, 2.45) is 23.5 Å². The Morgan fingerprint density at radius 1 is 1.00 bits per heavy atom. The molecule has 0 aromatic carbocycles. The van der Waals surface area contributed by atoms with Gasteiger partial charge in [-0.1, -0.05) is 39.5 Å². The highest BCUT2D eigenvalue weighted by Gasteiger charge is 2.33. The van der Waals surface area contributed by atoms with E-state index in [0.717, 1.165) is 24.3 Å². The number of nitrogens with zero attached hydrogens (tertiary/aromatic N) is 1. The Morgan fingerprint density at radius 2 is 1.67 bits per heavy atom. The van der Waals surface area contributed by atoms with E-state index < -0.39 is 0 Å². The van der Waals surface area contributed by atoms with Crippen LogP contribution in [-0.2, 0) is 0 Å². The Morgan fingerprint density at radius 3 is 2.17 bits per heavy atom. The average molecular weight is 252 g/mol. The lowest BCUT2D eigenvalue weighted by atomic mass is 9.90. The van der Waals surface area contributed by atoms with Gasteiger partial charge in [-0.2, -0.15) is 0 Å². The quantitative estimate of drug-likeness (QED) is 0.778. The summed E-state index contributed by atoms with van der Waals surface area (Å²) in [6, 6.07) is 0.673. The molecule has 0 aromatic heterocycles. The molecule has 106 valence electrons. The van der Waals surface area contributed by atoms with Gasteiger partial charge in [-0.3, -0.25) is 4.90 Å². The van der Waals surface area contributed by atoms with Crippen molar-refractivity contribution in [3.05, 3.63) is 0 Å². The fraction of sp³-hybridized carbons (Fsp3) is 1.00. The number of likely N-dealkylation sites (tertiary alicyclic amines) is 1. The summed E-state index contributed by atoms with van der Waals surface area (Å²) >= 11 is 0. The minimum atomic E-state index is 0.673. The first kappa shape index (κ1) is 14.3. The summed E-state index contributed by atoms with van der Waals surface area (Å²) in [5, 5.41) is 0. The van der Waals surface area contributed by atoms with Crippen LogP contribution in [0.2, 0.25) is 0 Å². The normalized spacial score (nSPS) is 29.7. The third kappa shape index (κ3) is 3.48. The van der Waals surface area contributed by atoms with Gasteiger partial charge in [0.15, 0.2) is 0 Å². The van der Waals surface area contributed by atoms with Gasteiger partial charge in [0.25, 0.3) is 0 Å². The van der Waals surface area contributed by atoms with E-state index in [1.54, 1.807) is 0 Å². The molecule has 0 radical (unpaired) electrons. The first-order valence-corrected chi connectivity index (χ1v) is 8.16. The van der Waals surface area contributed by atoms with Crippen LogP contribution in [0, 0.1) is 17.8 Å². The molecule has 2 heteroatoms. The smallest absolute Gasteiger partial charge is 0.0246 e. The third-order valence-corrected chi connectivity index (χ3v) is 5.35. The lowest BCUT2D eigenvalue weighted by Crippen LogP contribution is -2.44. The molecule has 0 spiro atoms. The van der Waals surface area contributed by atoms with Gasteiger partial charge in [0, 0.05) is 19.1 Å². The monoisotopic (exact) mass is 252 g/mol. The Hall–Kier alpha value is -0.0800. The van der Waals surface area contributed by atoms with E-state index in [0.29, 0.717) is 6.04 Å². The zero-order valence-corrected chi connectivity index (χ0v) is 12.4. The average Bonchev–Trinajstić information content (AvgIpc) is 2.68. The van der Waals surface area contributed by atoms with E-state index in [-0.39, 0.29) is 0 Å². The maximum absolute atomic E-state index is 6.11. The predicted octanol–water partition coefficient (Wildman–Crippen LogP) is 3.26. The summed E-state index contributed by atoms with van der Waals surface area (Å²) < 4.78 is 0. The molecule has 0 aromatic rings. The molecule has 2 N–H and O–H groups in total. The van der Waals surface area contributed by atoms with Gasteiger partial charge in [-0.05, 0) is 43.6 Å². The van der Waals surface area contributed by atoms with Gasteiger partial charge in [-0.15, -0.1) is 0 Å². The first-order chi connectivity index (χ1) is 8.72. The van der Waals surface area contributed by atoms with Crippen LogP contribution in [-0.4, -0.2) is 30.6 Å². The van der Waals surface area contributed by atoms with Crippen molar-refractivity contribution in [1.29, 1.82) is 0 Å². The maximum atomic E-state index is 6.11. The van der Waals surface area contributed by atoms with Gasteiger partial charge < -0.3 is 5.73 Å². The number of nitrogens with two attached hydrogens (primary N) is 1. The summed E-state index contributed by atoms with van der Waals surface area (Å²) in [5.41, 5.74) is 6.11. The van der Waals surface area contributed by atoms with Crippen molar-refractivity contribution in [1.82, 2.24) is 4.90 Å². The molecule has 2 nitrogen and oxygen atoms in total. The van der Waals surface area contributed by atoms with E-state index in [2.05, 4.69) is 18.7 Å². The number of hydrogen-bond acceptors (Lipinski definition) is 2. The maximum Gasteiger partial charge on any atom is 0.0246 e. The van der Waals surface area contributed by atoms with E-state index >= 15 is 0 Å². The van der Waals surface area contributed by atoms with Crippen LogP contribution in [0.5, 0.6) is 0 Å². The highest BCUT2D eigenvalue weighted by atomic mass is 15.2. The molecule has 0 bridgehead atoms. The van der Waals surface area contributed by atoms with Crippen LogP contribution in [0.25, 0.3) is 0 Å². The summed E-state index contributed by atoms with van der Waals surface area (Å²) in [7, 11) is 0. The van der Waals surface area contributed by atoms with Crippen molar-refractivity contribution in [3.63, 3.8) is 0 Å². The molecule has 1 saturated heterocycles. The molecule has 1 heterocycles. The largest absolute Gasteiger partial charge is 0.329 e. The van der Waals surface area contributed by atoms with Crippen LogP contribution in [0.15, 0.2) is 0 Å². The molecular weight excluding hydrogens is 220 g/mol. The second-order valence-electron chi connectivity index (χ2n) is 6.84. The van der Waals surface area contributed by atoms with Gasteiger partial charge in [-0.25, -0.2) is 0 Å². The molecule has 1 saturated carbocycles. The van der Waals surface area contributed by atoms with E-state index in [1.165, 1.54) is 58.0 Å². The molecule has 2 aliphatic rings. The SMILES string of the molecule is CC(C)C1CCN(C(CN)C2CCCCCC2)C1. The number of rotatable bonds is 4. The fourth-order valence-corrected chi connectivity index (χ4v) is 4.00. The standard InChI is InChI=1S/C16H32N2/c1-13(2)15-9-10-18(12-15)16(11-17)14-7-5-3-4-6-8-14/h13-16H,3-12,17H2,1-2H3. The second kappa shape index (κ2) is 6.91. The molecular formula is C16H32N2. The van der Waals surface area contributed by atoms with Crippen molar-refractivity contribution in [3.8, 4) is 0 Å². The number of hydrogen-bond donors (Lipinski definition) is 1. The first-order valence-electron chi connectivity index (χ1n) is 8.16. The van der Waals surface area contributed by atoms with Gasteiger partial charge in [0.1, 0.15) is 0 Å². The van der Waals surface area contributed by atoms with Crippen molar-refractivity contribution >= 4 is 0 Å². The third-order valence-electron chi connectivity index (χ3n) is 5.35. The van der Waals surface area contributed by atoms with Crippen LogP contribution in [0.3, 0.4) is 0 Å². The lowest BCUT2D eigenvalue weighted by Gasteiger charge is -2.33. The van der Waals surface area contributed by atoms with Crippen LogP contribution in [0.4, 0.5) is 0 Å². The highest BCUT2D eigenvalue weighted by Crippen LogP contribution is 2.32. The molecule has 0 amide bonds. The Labute approximate surface area is 113 Å². The minimum absolute atomic E-state index is 0.673. The summed E-state index contributed by atoms with van der Waals surface area (Å²) in [5.74, 6) is 2.62. The molecule has 2 unspecified atom stereocenters. The van der Waals surface area contributed by atoms with E-state index in [9.17, 15) is 0 Å². The predicted molar refractivity (Wildman–Crippen MR) is 78.6 cm³/mol. The van der Waals surface area contributed by atoms with Crippen LogP contribution in [0.1, 0.15) is 58.8 Å².